The summed E-state index contributed by atoms with van der Waals surface area (Å²) in [6, 6.07) is 16.0. The number of halogens is 1. The number of rotatable bonds is 8. The molecular weight excluding hydrogens is 433 g/mol. The number of anilines is 1. The van der Waals surface area contributed by atoms with Gasteiger partial charge in [0.05, 0.1) is 23.9 Å². The first-order chi connectivity index (χ1) is 15.1. The molecule has 2 heterocycles. The molecule has 8 heteroatoms. The van der Waals surface area contributed by atoms with E-state index in [4.69, 9.17) is 4.74 Å². The van der Waals surface area contributed by atoms with Gasteiger partial charge in [0.2, 0.25) is 5.91 Å². The fourth-order valence-electron chi connectivity index (χ4n) is 3.00. The van der Waals surface area contributed by atoms with E-state index in [2.05, 4.69) is 9.97 Å². The van der Waals surface area contributed by atoms with Crippen molar-refractivity contribution >= 4 is 44.4 Å². The maximum atomic E-state index is 13.6. The minimum atomic E-state index is -0.316. The summed E-state index contributed by atoms with van der Waals surface area (Å²) in [5.74, 6) is 1.08. The third kappa shape index (κ3) is 5.39. The zero-order valence-electron chi connectivity index (χ0n) is 16.8. The number of thiazole rings is 1. The van der Waals surface area contributed by atoms with Crippen molar-refractivity contribution in [2.45, 2.75) is 17.9 Å². The van der Waals surface area contributed by atoms with Crippen molar-refractivity contribution in [2.24, 2.45) is 0 Å². The smallest absolute Gasteiger partial charge is 0.229 e. The average molecular weight is 454 g/mol. The number of hydrogen-bond acceptors (Lipinski definition) is 6. The summed E-state index contributed by atoms with van der Waals surface area (Å²) in [6.45, 7) is 0.363. The lowest BCUT2D eigenvalue weighted by Gasteiger charge is -2.20. The predicted octanol–water partition coefficient (Wildman–Crippen LogP) is 5.55. The Balaban J connectivity index is 1.50. The molecule has 5 nitrogen and oxygen atoms in total. The fraction of sp³-hybridized carbons (Fsp3) is 0.174. The normalized spacial score (nSPS) is 10.9. The van der Waals surface area contributed by atoms with E-state index in [9.17, 15) is 9.18 Å². The highest BCUT2D eigenvalue weighted by Gasteiger charge is 2.20. The van der Waals surface area contributed by atoms with E-state index in [0.717, 1.165) is 16.2 Å². The summed E-state index contributed by atoms with van der Waals surface area (Å²) < 4.78 is 19.5. The molecular formula is C23H20FN3O2S2. The first kappa shape index (κ1) is 21.3. The van der Waals surface area contributed by atoms with Crippen molar-refractivity contribution in [1.82, 2.24) is 9.97 Å². The summed E-state index contributed by atoms with van der Waals surface area (Å²) in [7, 11) is 1.63. The van der Waals surface area contributed by atoms with Gasteiger partial charge in [0.15, 0.2) is 5.13 Å². The molecule has 0 atom stereocenters. The first-order valence-corrected chi connectivity index (χ1v) is 11.4. The number of pyridine rings is 1. The molecule has 0 radical (unpaired) electrons. The van der Waals surface area contributed by atoms with Crippen molar-refractivity contribution in [3.8, 4) is 5.75 Å². The van der Waals surface area contributed by atoms with Crippen molar-refractivity contribution in [2.75, 3.05) is 17.8 Å². The Morgan fingerprint density at radius 1 is 1.19 bits per heavy atom. The third-order valence-electron chi connectivity index (χ3n) is 4.58. The third-order valence-corrected chi connectivity index (χ3v) is 6.63. The van der Waals surface area contributed by atoms with Crippen molar-refractivity contribution in [3.05, 3.63) is 78.4 Å². The molecule has 0 aliphatic rings. The number of benzene rings is 2. The number of methoxy groups -OCH3 is 1. The lowest BCUT2D eigenvalue weighted by Crippen LogP contribution is -2.30. The Morgan fingerprint density at radius 2 is 2.03 bits per heavy atom. The van der Waals surface area contributed by atoms with Gasteiger partial charge in [-0.1, -0.05) is 17.4 Å². The Hall–Kier alpha value is -2.97. The number of fused-ring (bicyclic) bond motifs is 1. The largest absolute Gasteiger partial charge is 0.497 e. The highest BCUT2D eigenvalue weighted by atomic mass is 32.2. The number of aromatic nitrogens is 2. The Bertz CT molecular complexity index is 1170. The SMILES string of the molecule is COc1ccc(SCCC(=O)N(Cc2cccnc2)c2nc3ccc(F)cc3s2)cc1. The van der Waals surface area contributed by atoms with Crippen LogP contribution in [0.1, 0.15) is 12.0 Å². The van der Waals surface area contributed by atoms with Crippen LogP contribution in [0.25, 0.3) is 10.2 Å². The molecule has 0 N–H and O–H groups in total. The van der Waals surface area contributed by atoms with Crippen LogP contribution in [0.5, 0.6) is 5.75 Å². The monoisotopic (exact) mass is 453 g/mol. The first-order valence-electron chi connectivity index (χ1n) is 9.64. The van der Waals surface area contributed by atoms with Crippen LogP contribution >= 0.6 is 23.1 Å². The molecule has 158 valence electrons. The number of ether oxygens (including phenoxy) is 1. The zero-order valence-corrected chi connectivity index (χ0v) is 18.5. The lowest BCUT2D eigenvalue weighted by atomic mass is 10.2. The van der Waals surface area contributed by atoms with E-state index in [1.807, 2.05) is 36.4 Å². The van der Waals surface area contributed by atoms with Crippen LogP contribution in [0, 0.1) is 5.82 Å². The van der Waals surface area contributed by atoms with Gasteiger partial charge in [-0.3, -0.25) is 14.7 Å². The molecule has 2 aromatic carbocycles. The van der Waals surface area contributed by atoms with Crippen LogP contribution in [-0.2, 0) is 11.3 Å². The molecule has 4 rings (SSSR count). The molecule has 31 heavy (non-hydrogen) atoms. The molecule has 0 spiro atoms. The van der Waals surface area contributed by atoms with E-state index in [0.29, 0.717) is 34.1 Å². The molecule has 1 amide bonds. The van der Waals surface area contributed by atoms with Crippen molar-refractivity contribution in [3.63, 3.8) is 0 Å². The average Bonchev–Trinajstić information content (AvgIpc) is 3.21. The van der Waals surface area contributed by atoms with E-state index in [-0.39, 0.29) is 11.7 Å². The maximum Gasteiger partial charge on any atom is 0.229 e. The quantitative estimate of drug-likeness (QED) is 0.327. The predicted molar refractivity (Wildman–Crippen MR) is 123 cm³/mol. The minimum absolute atomic E-state index is 0.0376. The summed E-state index contributed by atoms with van der Waals surface area (Å²) in [5, 5.41) is 0.559. The zero-order chi connectivity index (χ0) is 21.6. The van der Waals surface area contributed by atoms with Gasteiger partial charge in [0, 0.05) is 29.5 Å². The lowest BCUT2D eigenvalue weighted by molar-refractivity contribution is -0.118. The van der Waals surface area contributed by atoms with E-state index < -0.39 is 0 Å². The van der Waals surface area contributed by atoms with Gasteiger partial charge in [-0.2, -0.15) is 0 Å². The van der Waals surface area contributed by atoms with Gasteiger partial charge >= 0.3 is 0 Å². The fourth-order valence-corrected chi connectivity index (χ4v) is 4.85. The standard InChI is InChI=1S/C23H20FN3O2S2/c1-29-18-5-7-19(8-6-18)30-12-10-22(28)27(15-16-3-2-11-25-14-16)23-26-20-9-4-17(24)13-21(20)31-23/h2-9,11,13-14H,10,12,15H2,1H3. The molecule has 0 saturated carbocycles. The van der Waals surface area contributed by atoms with Gasteiger partial charge in [0.1, 0.15) is 11.6 Å². The summed E-state index contributed by atoms with van der Waals surface area (Å²) in [6.07, 6.45) is 3.78. The topological polar surface area (TPSA) is 55.3 Å². The summed E-state index contributed by atoms with van der Waals surface area (Å²) in [4.78, 5) is 24.6. The number of nitrogens with zero attached hydrogens (tertiary/aromatic N) is 3. The second-order valence-electron chi connectivity index (χ2n) is 6.72. The highest BCUT2D eigenvalue weighted by Crippen LogP contribution is 2.31. The van der Waals surface area contributed by atoms with Crippen molar-refractivity contribution in [1.29, 1.82) is 0 Å². The van der Waals surface area contributed by atoms with Crippen LogP contribution in [0.3, 0.4) is 0 Å². The summed E-state index contributed by atoms with van der Waals surface area (Å²) in [5.41, 5.74) is 1.59. The highest BCUT2D eigenvalue weighted by molar-refractivity contribution is 7.99. The number of carbonyl (C=O) groups is 1. The van der Waals surface area contributed by atoms with Gasteiger partial charge < -0.3 is 4.74 Å². The number of carbonyl (C=O) groups excluding carboxylic acids is 1. The minimum Gasteiger partial charge on any atom is -0.497 e. The van der Waals surface area contributed by atoms with Gasteiger partial charge in [-0.05, 0) is 54.1 Å². The number of amides is 1. The van der Waals surface area contributed by atoms with Crippen molar-refractivity contribution < 1.29 is 13.9 Å². The van der Waals surface area contributed by atoms with Crippen LogP contribution in [0.15, 0.2) is 71.9 Å². The molecule has 0 fully saturated rings. The number of hydrogen-bond donors (Lipinski definition) is 0. The maximum absolute atomic E-state index is 13.6. The van der Waals surface area contributed by atoms with E-state index in [1.54, 1.807) is 42.2 Å². The Morgan fingerprint density at radius 3 is 2.77 bits per heavy atom. The van der Waals surface area contributed by atoms with Gasteiger partial charge in [-0.25, -0.2) is 9.37 Å². The van der Waals surface area contributed by atoms with Crippen LogP contribution < -0.4 is 9.64 Å². The molecule has 0 saturated heterocycles. The van der Waals surface area contributed by atoms with Crippen LogP contribution in [0.2, 0.25) is 0 Å². The molecule has 2 aromatic heterocycles. The molecule has 4 aromatic rings. The Kier molecular flexibility index (Phi) is 6.79. The second kappa shape index (κ2) is 9.89. The van der Waals surface area contributed by atoms with E-state index in [1.165, 1.54) is 23.5 Å². The Labute approximate surface area is 187 Å². The second-order valence-corrected chi connectivity index (χ2v) is 8.90. The molecule has 0 unspecified atom stereocenters. The van der Waals surface area contributed by atoms with Crippen LogP contribution in [0.4, 0.5) is 9.52 Å². The summed E-state index contributed by atoms with van der Waals surface area (Å²) >= 11 is 2.93. The molecule has 0 aliphatic heterocycles. The van der Waals surface area contributed by atoms with Gasteiger partial charge in [0.25, 0.3) is 0 Å². The number of thioether (sulfide) groups is 1. The molecule has 0 aliphatic carbocycles. The van der Waals surface area contributed by atoms with Crippen LogP contribution in [-0.4, -0.2) is 28.7 Å². The van der Waals surface area contributed by atoms with Gasteiger partial charge in [-0.15, -0.1) is 11.8 Å². The molecule has 0 bridgehead atoms. The van der Waals surface area contributed by atoms with E-state index >= 15 is 0 Å².